The van der Waals surface area contributed by atoms with Crippen LogP contribution in [0.5, 0.6) is 0 Å². The molecule has 0 atom stereocenters. The average molecular weight is 519 g/mol. The number of carbonyl (C=O) groups is 1. The van der Waals surface area contributed by atoms with Gasteiger partial charge in [0.15, 0.2) is 0 Å². The third kappa shape index (κ3) is 5.90. The van der Waals surface area contributed by atoms with E-state index in [-0.39, 0.29) is 10.6 Å². The minimum atomic E-state index is -4.02. The normalized spacial score (nSPS) is 11.4. The van der Waals surface area contributed by atoms with Gasteiger partial charge in [0.25, 0.3) is 21.6 Å². The zero-order valence-corrected chi connectivity index (χ0v) is 20.5. The lowest BCUT2D eigenvalue weighted by molar-refractivity contribution is -0.384. The highest BCUT2D eigenvalue weighted by molar-refractivity contribution is 7.92. The zero-order chi connectivity index (χ0) is 26.4. The number of para-hydroxylation sites is 1. The molecule has 0 fully saturated rings. The molecule has 0 aliphatic carbocycles. The summed E-state index contributed by atoms with van der Waals surface area (Å²) in [4.78, 5) is 23.1. The third-order valence-corrected chi connectivity index (χ3v) is 7.15. The van der Waals surface area contributed by atoms with Crippen molar-refractivity contribution in [1.29, 1.82) is 0 Å². The van der Waals surface area contributed by atoms with Crippen molar-refractivity contribution in [3.05, 3.63) is 112 Å². The fraction of sp³-hybridized carbons (Fsp3) is 0.0769. The van der Waals surface area contributed by atoms with Crippen molar-refractivity contribution in [1.82, 2.24) is 5.43 Å². The first kappa shape index (κ1) is 25.3. The Morgan fingerprint density at radius 2 is 1.68 bits per heavy atom. The maximum absolute atomic E-state index is 13.4. The highest BCUT2D eigenvalue weighted by Gasteiger charge is 2.28. The summed E-state index contributed by atoms with van der Waals surface area (Å²) in [5.74, 6) is 0.129. The molecule has 0 unspecified atom stereocenters. The van der Waals surface area contributed by atoms with Crippen LogP contribution in [-0.2, 0) is 14.8 Å². The Kier molecular flexibility index (Phi) is 7.44. The number of non-ortho nitro benzene ring substituents is 1. The second kappa shape index (κ2) is 10.9. The van der Waals surface area contributed by atoms with E-state index in [1.54, 1.807) is 73.7 Å². The molecule has 0 aliphatic rings. The molecule has 1 N–H and O–H groups in total. The molecular formula is C26H22N4O6S. The number of nitro benzene ring substituents is 1. The lowest BCUT2D eigenvalue weighted by Gasteiger charge is -2.25. The first-order chi connectivity index (χ1) is 17.8. The predicted octanol–water partition coefficient (Wildman–Crippen LogP) is 4.51. The van der Waals surface area contributed by atoms with Crippen LogP contribution in [0.2, 0.25) is 0 Å². The van der Waals surface area contributed by atoms with Crippen LogP contribution >= 0.6 is 0 Å². The summed E-state index contributed by atoms with van der Waals surface area (Å²) in [6.45, 7) is 1.27. The first-order valence-electron chi connectivity index (χ1n) is 11.1. The number of hydrogen-bond donors (Lipinski definition) is 1. The highest BCUT2D eigenvalue weighted by Crippen LogP contribution is 2.27. The Balaban J connectivity index is 1.48. The van der Waals surface area contributed by atoms with Crippen LogP contribution in [0.1, 0.15) is 11.3 Å². The van der Waals surface area contributed by atoms with Crippen LogP contribution in [-0.4, -0.2) is 32.0 Å². The summed E-state index contributed by atoms with van der Waals surface area (Å²) in [5.41, 5.74) is 4.00. The molecule has 4 aromatic rings. The smallest absolute Gasteiger partial charge is 0.269 e. The Hall–Kier alpha value is -4.77. The second-order valence-electron chi connectivity index (χ2n) is 7.91. The van der Waals surface area contributed by atoms with E-state index < -0.39 is 27.4 Å². The van der Waals surface area contributed by atoms with E-state index in [1.807, 2.05) is 0 Å². The van der Waals surface area contributed by atoms with Crippen molar-refractivity contribution in [3.8, 4) is 11.3 Å². The summed E-state index contributed by atoms with van der Waals surface area (Å²) < 4.78 is 33.4. The molecule has 0 saturated carbocycles. The largest absolute Gasteiger partial charge is 0.455 e. The number of nitrogens with one attached hydrogen (secondary N) is 1. The fourth-order valence-corrected chi connectivity index (χ4v) is 5.03. The zero-order valence-electron chi connectivity index (χ0n) is 19.6. The highest BCUT2D eigenvalue weighted by atomic mass is 32.2. The van der Waals surface area contributed by atoms with Gasteiger partial charge in [0.1, 0.15) is 18.1 Å². The number of hydrogen-bond acceptors (Lipinski definition) is 7. The van der Waals surface area contributed by atoms with Crippen LogP contribution in [0.4, 0.5) is 11.4 Å². The number of sulfonamides is 1. The van der Waals surface area contributed by atoms with Gasteiger partial charge in [-0.05, 0) is 55.0 Å². The first-order valence-corrected chi connectivity index (χ1v) is 12.5. The Labute approximate surface area is 213 Å². The molecule has 0 radical (unpaired) electrons. The molecular weight excluding hydrogens is 496 g/mol. The van der Waals surface area contributed by atoms with Gasteiger partial charge < -0.3 is 4.42 Å². The Morgan fingerprint density at radius 3 is 2.35 bits per heavy atom. The number of amides is 1. The van der Waals surface area contributed by atoms with E-state index in [4.69, 9.17) is 4.42 Å². The lowest BCUT2D eigenvalue weighted by atomic mass is 10.1. The lowest BCUT2D eigenvalue weighted by Crippen LogP contribution is -2.40. The molecule has 0 saturated heterocycles. The molecule has 3 aromatic carbocycles. The van der Waals surface area contributed by atoms with Crippen molar-refractivity contribution in [2.75, 3.05) is 10.8 Å². The van der Waals surface area contributed by atoms with Crippen LogP contribution < -0.4 is 9.73 Å². The Morgan fingerprint density at radius 1 is 1.00 bits per heavy atom. The maximum Gasteiger partial charge on any atom is 0.269 e. The molecule has 11 heteroatoms. The van der Waals surface area contributed by atoms with Crippen LogP contribution in [0, 0.1) is 17.0 Å². The summed E-state index contributed by atoms with van der Waals surface area (Å²) in [5, 5.41) is 14.7. The number of furan rings is 1. The number of nitrogens with zero attached hydrogens (tertiary/aromatic N) is 3. The summed E-state index contributed by atoms with van der Waals surface area (Å²) in [6.07, 6.45) is 1.27. The number of carbonyl (C=O) groups excluding carboxylic acids is 1. The number of benzene rings is 3. The van der Waals surface area contributed by atoms with Crippen molar-refractivity contribution >= 4 is 33.5 Å². The third-order valence-electron chi connectivity index (χ3n) is 5.37. The van der Waals surface area contributed by atoms with Gasteiger partial charge in [-0.25, -0.2) is 13.8 Å². The van der Waals surface area contributed by atoms with Crippen molar-refractivity contribution in [2.45, 2.75) is 11.8 Å². The average Bonchev–Trinajstić information content (AvgIpc) is 3.37. The van der Waals surface area contributed by atoms with Gasteiger partial charge >= 0.3 is 0 Å². The molecule has 188 valence electrons. The standard InChI is InChI=1S/C26H22N4O6S/c1-19-7-5-6-10-24(19)29(37(34,35)23-8-3-2-4-9-23)18-26(31)28-27-17-22-15-16-25(36-22)20-11-13-21(14-12-20)30(32)33/h2-17H,18H2,1H3,(H,28,31)/b27-17-. The monoisotopic (exact) mass is 518 g/mol. The predicted molar refractivity (Wildman–Crippen MR) is 139 cm³/mol. The van der Waals surface area contributed by atoms with Crippen LogP contribution in [0.15, 0.2) is 105 Å². The fourth-order valence-electron chi connectivity index (χ4n) is 3.52. The van der Waals surface area contributed by atoms with Crippen LogP contribution in [0.25, 0.3) is 11.3 Å². The van der Waals surface area contributed by atoms with Gasteiger partial charge in [-0.2, -0.15) is 5.10 Å². The number of hydrazone groups is 1. The summed E-state index contributed by atoms with van der Waals surface area (Å²) >= 11 is 0. The molecule has 0 aliphatic heterocycles. The molecule has 4 rings (SSSR count). The van der Waals surface area contributed by atoms with Crippen molar-refractivity contribution in [2.24, 2.45) is 5.10 Å². The van der Waals surface area contributed by atoms with E-state index in [9.17, 15) is 23.3 Å². The molecule has 10 nitrogen and oxygen atoms in total. The van der Waals surface area contributed by atoms with E-state index in [2.05, 4.69) is 10.5 Å². The number of anilines is 1. The van der Waals surface area contributed by atoms with Crippen molar-refractivity contribution < 1.29 is 22.6 Å². The van der Waals surface area contributed by atoms with E-state index in [0.29, 0.717) is 28.3 Å². The molecule has 1 aromatic heterocycles. The minimum absolute atomic E-state index is 0.0335. The van der Waals surface area contributed by atoms with Crippen molar-refractivity contribution in [3.63, 3.8) is 0 Å². The maximum atomic E-state index is 13.4. The number of rotatable bonds is 9. The van der Waals surface area contributed by atoms with Gasteiger partial charge in [0.05, 0.1) is 21.7 Å². The van der Waals surface area contributed by atoms with Gasteiger partial charge in [-0.1, -0.05) is 36.4 Å². The van der Waals surface area contributed by atoms with E-state index in [0.717, 1.165) is 4.31 Å². The summed E-state index contributed by atoms with van der Waals surface area (Å²) in [6, 6.07) is 23.9. The molecule has 0 spiro atoms. The van der Waals surface area contributed by atoms with Gasteiger partial charge in [-0.15, -0.1) is 0 Å². The molecule has 0 bridgehead atoms. The quantitative estimate of drug-likeness (QED) is 0.197. The van der Waals surface area contributed by atoms with E-state index >= 15 is 0 Å². The van der Waals surface area contributed by atoms with Gasteiger partial charge in [0.2, 0.25) is 0 Å². The van der Waals surface area contributed by atoms with Gasteiger partial charge in [-0.3, -0.25) is 19.2 Å². The molecule has 37 heavy (non-hydrogen) atoms. The topological polar surface area (TPSA) is 135 Å². The minimum Gasteiger partial charge on any atom is -0.455 e. The molecule has 1 amide bonds. The van der Waals surface area contributed by atoms with E-state index in [1.165, 1.54) is 30.5 Å². The Bertz CT molecular complexity index is 1550. The summed E-state index contributed by atoms with van der Waals surface area (Å²) in [7, 11) is -4.02. The second-order valence-corrected chi connectivity index (χ2v) is 9.77. The number of aryl methyl sites for hydroxylation is 1. The van der Waals surface area contributed by atoms with Crippen LogP contribution in [0.3, 0.4) is 0 Å². The molecule has 1 heterocycles. The number of nitro groups is 1. The SMILES string of the molecule is Cc1ccccc1N(CC(=O)N/N=C\c1ccc(-c2ccc([N+](=O)[O-])cc2)o1)S(=O)(=O)c1ccccc1. The van der Waals surface area contributed by atoms with Gasteiger partial charge in [0, 0.05) is 17.7 Å².